The number of rotatable bonds is 6. The third kappa shape index (κ3) is 5.25. The van der Waals surface area contributed by atoms with Crippen LogP contribution in [0.4, 0.5) is 11.5 Å². The van der Waals surface area contributed by atoms with Crippen molar-refractivity contribution in [3.05, 3.63) is 48.2 Å². The first-order valence-electron chi connectivity index (χ1n) is 9.61. The van der Waals surface area contributed by atoms with E-state index in [4.69, 9.17) is 9.47 Å². The van der Waals surface area contributed by atoms with Gasteiger partial charge in [0.1, 0.15) is 5.82 Å². The fourth-order valence-electron chi connectivity index (χ4n) is 3.27. The molecular formula is C22H27N3O3. The molecule has 0 aliphatic carbocycles. The Morgan fingerprint density at radius 2 is 1.79 bits per heavy atom. The molecule has 0 saturated carbocycles. The molecule has 0 spiro atoms. The highest BCUT2D eigenvalue weighted by Gasteiger charge is 2.10. The average Bonchev–Trinajstić information content (AvgIpc) is 3.02. The van der Waals surface area contributed by atoms with E-state index in [2.05, 4.69) is 15.2 Å². The Morgan fingerprint density at radius 3 is 2.43 bits per heavy atom. The van der Waals surface area contributed by atoms with Crippen molar-refractivity contribution < 1.29 is 14.3 Å². The van der Waals surface area contributed by atoms with E-state index >= 15 is 0 Å². The van der Waals surface area contributed by atoms with Crippen molar-refractivity contribution in [1.82, 2.24) is 4.98 Å². The molecule has 28 heavy (non-hydrogen) atoms. The van der Waals surface area contributed by atoms with Gasteiger partial charge in [-0.1, -0.05) is 18.9 Å². The highest BCUT2D eigenvalue weighted by Crippen LogP contribution is 2.28. The summed E-state index contributed by atoms with van der Waals surface area (Å²) in [4.78, 5) is 18.9. The van der Waals surface area contributed by atoms with Gasteiger partial charge in [0.15, 0.2) is 11.5 Å². The lowest BCUT2D eigenvalue weighted by Gasteiger charge is -2.22. The predicted molar refractivity (Wildman–Crippen MR) is 112 cm³/mol. The maximum atomic E-state index is 12.2. The van der Waals surface area contributed by atoms with Crippen LogP contribution in [0, 0.1) is 0 Å². The summed E-state index contributed by atoms with van der Waals surface area (Å²) in [5, 5.41) is 2.79. The fourth-order valence-corrected chi connectivity index (χ4v) is 3.27. The molecule has 2 heterocycles. The van der Waals surface area contributed by atoms with Crippen molar-refractivity contribution in [1.29, 1.82) is 0 Å². The molecular weight excluding hydrogens is 354 g/mol. The molecule has 6 nitrogen and oxygen atoms in total. The Morgan fingerprint density at radius 1 is 1.04 bits per heavy atom. The summed E-state index contributed by atoms with van der Waals surface area (Å²) in [7, 11) is 3.17. The quantitative estimate of drug-likeness (QED) is 0.762. The van der Waals surface area contributed by atoms with Gasteiger partial charge >= 0.3 is 0 Å². The largest absolute Gasteiger partial charge is 0.493 e. The van der Waals surface area contributed by atoms with Crippen LogP contribution >= 0.6 is 0 Å². The molecule has 1 saturated heterocycles. The topological polar surface area (TPSA) is 63.7 Å². The van der Waals surface area contributed by atoms with Crippen LogP contribution in [0.3, 0.4) is 0 Å². The predicted octanol–water partition coefficient (Wildman–Crippen LogP) is 4.13. The van der Waals surface area contributed by atoms with Gasteiger partial charge in [-0.25, -0.2) is 4.98 Å². The van der Waals surface area contributed by atoms with Crippen molar-refractivity contribution in [2.45, 2.75) is 25.7 Å². The molecule has 3 rings (SSSR count). The lowest BCUT2D eigenvalue weighted by atomic mass is 10.2. The van der Waals surface area contributed by atoms with E-state index < -0.39 is 0 Å². The standard InChI is InChI=1S/C22H27N3O3/c1-27-19-10-7-17(15-20(19)28-2)8-12-22(26)24-21-11-9-18(16-23-21)25-13-5-3-4-6-14-25/h7-12,15-16H,3-6,13-14H2,1-2H3,(H,23,24,26)/b12-8+. The molecule has 1 fully saturated rings. The van der Waals surface area contributed by atoms with E-state index in [1.54, 1.807) is 26.4 Å². The molecule has 1 aromatic carbocycles. The summed E-state index contributed by atoms with van der Waals surface area (Å²) in [6, 6.07) is 9.35. The Bertz CT molecular complexity index is 810. The van der Waals surface area contributed by atoms with Gasteiger partial charge in [-0.15, -0.1) is 0 Å². The first-order chi connectivity index (χ1) is 13.7. The zero-order chi connectivity index (χ0) is 19.8. The molecule has 1 amide bonds. The third-order valence-corrected chi connectivity index (χ3v) is 4.81. The Labute approximate surface area is 166 Å². The van der Waals surface area contributed by atoms with Crippen LogP contribution in [0.25, 0.3) is 6.08 Å². The van der Waals surface area contributed by atoms with Gasteiger partial charge in [-0.05, 0) is 48.7 Å². The SMILES string of the molecule is COc1ccc(/C=C/C(=O)Nc2ccc(N3CCCCCC3)cn2)cc1OC. The van der Waals surface area contributed by atoms with E-state index in [-0.39, 0.29) is 5.91 Å². The van der Waals surface area contributed by atoms with Crippen molar-refractivity contribution in [3.8, 4) is 11.5 Å². The zero-order valence-electron chi connectivity index (χ0n) is 16.5. The minimum atomic E-state index is -0.232. The van der Waals surface area contributed by atoms with E-state index in [9.17, 15) is 4.79 Å². The number of carbonyl (C=O) groups is 1. The first-order valence-corrected chi connectivity index (χ1v) is 9.61. The van der Waals surface area contributed by atoms with E-state index in [0.29, 0.717) is 17.3 Å². The molecule has 2 aromatic rings. The highest BCUT2D eigenvalue weighted by molar-refractivity contribution is 6.01. The van der Waals surface area contributed by atoms with Crippen LogP contribution < -0.4 is 19.7 Å². The second kappa shape index (κ2) is 9.78. The summed E-state index contributed by atoms with van der Waals surface area (Å²) in [5.41, 5.74) is 1.96. The summed E-state index contributed by atoms with van der Waals surface area (Å²) >= 11 is 0. The highest BCUT2D eigenvalue weighted by atomic mass is 16.5. The number of hydrogen-bond acceptors (Lipinski definition) is 5. The summed E-state index contributed by atoms with van der Waals surface area (Å²) in [6.45, 7) is 2.14. The van der Waals surface area contributed by atoms with Crippen molar-refractivity contribution in [3.63, 3.8) is 0 Å². The molecule has 6 heteroatoms. The number of aromatic nitrogens is 1. The maximum absolute atomic E-state index is 12.2. The lowest BCUT2D eigenvalue weighted by Crippen LogP contribution is -2.24. The number of anilines is 2. The molecule has 1 N–H and O–H groups in total. The van der Waals surface area contributed by atoms with Crippen LogP contribution in [0.2, 0.25) is 0 Å². The Kier molecular flexibility index (Phi) is 6.89. The van der Waals surface area contributed by atoms with Crippen LogP contribution in [0.15, 0.2) is 42.6 Å². The van der Waals surface area contributed by atoms with E-state index in [0.717, 1.165) is 24.3 Å². The molecule has 148 valence electrons. The minimum absolute atomic E-state index is 0.232. The van der Waals surface area contributed by atoms with Crippen LogP contribution in [0.5, 0.6) is 11.5 Å². The molecule has 1 aromatic heterocycles. The Balaban J connectivity index is 1.59. The number of carbonyl (C=O) groups excluding carboxylic acids is 1. The summed E-state index contributed by atoms with van der Waals surface area (Å²) in [6.07, 6.45) is 10.1. The van der Waals surface area contributed by atoms with E-state index in [1.807, 2.05) is 30.5 Å². The number of methoxy groups -OCH3 is 2. The maximum Gasteiger partial charge on any atom is 0.249 e. The number of pyridine rings is 1. The van der Waals surface area contributed by atoms with Crippen molar-refractivity contribution in [2.75, 3.05) is 37.5 Å². The van der Waals surface area contributed by atoms with Crippen LogP contribution in [-0.2, 0) is 4.79 Å². The van der Waals surface area contributed by atoms with Crippen LogP contribution in [0.1, 0.15) is 31.2 Å². The number of ether oxygens (including phenoxy) is 2. The van der Waals surface area contributed by atoms with Crippen molar-refractivity contribution >= 4 is 23.5 Å². The van der Waals surface area contributed by atoms with Gasteiger partial charge in [0, 0.05) is 19.2 Å². The number of amides is 1. The normalized spacial score (nSPS) is 14.6. The second-order valence-corrected chi connectivity index (χ2v) is 6.74. The van der Waals surface area contributed by atoms with Gasteiger partial charge in [-0.3, -0.25) is 4.79 Å². The van der Waals surface area contributed by atoms with Gasteiger partial charge in [0.05, 0.1) is 26.1 Å². The Hall–Kier alpha value is -3.02. The third-order valence-electron chi connectivity index (χ3n) is 4.81. The number of nitrogens with zero attached hydrogens (tertiary/aromatic N) is 2. The molecule has 0 radical (unpaired) electrons. The molecule has 0 atom stereocenters. The molecule has 0 bridgehead atoms. The molecule has 0 unspecified atom stereocenters. The second-order valence-electron chi connectivity index (χ2n) is 6.74. The average molecular weight is 381 g/mol. The lowest BCUT2D eigenvalue weighted by molar-refractivity contribution is -0.111. The monoisotopic (exact) mass is 381 g/mol. The fraction of sp³-hybridized carbons (Fsp3) is 0.364. The molecule has 1 aliphatic heterocycles. The van der Waals surface area contributed by atoms with Gasteiger partial charge in [-0.2, -0.15) is 0 Å². The number of nitrogens with one attached hydrogen (secondary N) is 1. The smallest absolute Gasteiger partial charge is 0.249 e. The summed E-state index contributed by atoms with van der Waals surface area (Å²) in [5.74, 6) is 1.58. The summed E-state index contributed by atoms with van der Waals surface area (Å²) < 4.78 is 10.5. The van der Waals surface area contributed by atoms with Crippen LogP contribution in [-0.4, -0.2) is 38.2 Å². The zero-order valence-corrected chi connectivity index (χ0v) is 16.5. The van der Waals surface area contributed by atoms with Crippen molar-refractivity contribution in [2.24, 2.45) is 0 Å². The number of hydrogen-bond donors (Lipinski definition) is 1. The molecule has 1 aliphatic rings. The van der Waals surface area contributed by atoms with E-state index in [1.165, 1.54) is 31.8 Å². The van der Waals surface area contributed by atoms with Gasteiger partial charge in [0.25, 0.3) is 0 Å². The van der Waals surface area contributed by atoms with Gasteiger partial charge < -0.3 is 19.7 Å². The first kappa shape index (κ1) is 19.7. The minimum Gasteiger partial charge on any atom is -0.493 e. The van der Waals surface area contributed by atoms with Gasteiger partial charge in [0.2, 0.25) is 5.91 Å². The number of benzene rings is 1.